The quantitative estimate of drug-likeness (QED) is 0.617. The van der Waals surface area contributed by atoms with E-state index in [1.54, 1.807) is 0 Å². The second kappa shape index (κ2) is 6.74. The Bertz CT molecular complexity index is 485. The van der Waals surface area contributed by atoms with Crippen LogP contribution in [-0.2, 0) is 16.1 Å². The minimum absolute atomic E-state index is 0.264. The highest BCUT2D eigenvalue weighted by atomic mass is 32.1. The first kappa shape index (κ1) is 15.0. The molecule has 0 saturated carbocycles. The van der Waals surface area contributed by atoms with Crippen molar-refractivity contribution >= 4 is 29.3 Å². The van der Waals surface area contributed by atoms with Crippen molar-refractivity contribution in [3.63, 3.8) is 0 Å². The standard InChI is InChI=1S/C11H14N2O5S/c1-6-4-19-5-7(6)3-12-11(18)13-8(10(16)17)2-9(14)15/h4-5,8H,2-3H2,1H3,(H,14,15)(H,16,17)(H2,12,13,18)/t8-/m0/s1. The van der Waals surface area contributed by atoms with Crippen molar-refractivity contribution in [3.05, 3.63) is 21.9 Å². The minimum atomic E-state index is -1.44. The number of urea groups is 1. The maximum Gasteiger partial charge on any atom is 0.326 e. The molecule has 0 spiro atoms. The summed E-state index contributed by atoms with van der Waals surface area (Å²) in [6.45, 7) is 2.16. The summed E-state index contributed by atoms with van der Waals surface area (Å²) in [6.07, 6.45) is -0.666. The van der Waals surface area contributed by atoms with Gasteiger partial charge in [0.25, 0.3) is 0 Å². The molecule has 0 bridgehead atoms. The second-order valence-electron chi connectivity index (χ2n) is 3.90. The number of hydrogen-bond acceptors (Lipinski definition) is 4. The molecular weight excluding hydrogens is 272 g/mol. The van der Waals surface area contributed by atoms with Gasteiger partial charge < -0.3 is 20.8 Å². The maximum absolute atomic E-state index is 11.5. The smallest absolute Gasteiger partial charge is 0.326 e. The number of amides is 2. The molecule has 0 aliphatic carbocycles. The summed E-state index contributed by atoms with van der Waals surface area (Å²) in [5.41, 5.74) is 1.97. The van der Waals surface area contributed by atoms with Gasteiger partial charge in [0.2, 0.25) is 0 Å². The topological polar surface area (TPSA) is 116 Å². The van der Waals surface area contributed by atoms with Crippen molar-refractivity contribution in [2.45, 2.75) is 25.9 Å². The van der Waals surface area contributed by atoms with E-state index in [2.05, 4.69) is 10.6 Å². The third-order valence-corrected chi connectivity index (χ3v) is 3.29. The van der Waals surface area contributed by atoms with Gasteiger partial charge in [-0.1, -0.05) is 0 Å². The number of hydrogen-bond donors (Lipinski definition) is 4. The van der Waals surface area contributed by atoms with Crippen molar-refractivity contribution in [2.75, 3.05) is 0 Å². The zero-order valence-corrected chi connectivity index (χ0v) is 11.0. The van der Waals surface area contributed by atoms with Crippen molar-refractivity contribution in [1.82, 2.24) is 10.6 Å². The summed E-state index contributed by atoms with van der Waals surface area (Å²) in [5, 5.41) is 25.7. The zero-order chi connectivity index (χ0) is 14.4. The molecular formula is C11H14N2O5S. The maximum atomic E-state index is 11.5. The molecule has 4 N–H and O–H groups in total. The van der Waals surface area contributed by atoms with Gasteiger partial charge in [0.15, 0.2) is 0 Å². The average Bonchev–Trinajstić information content (AvgIpc) is 2.70. The van der Waals surface area contributed by atoms with Crippen LogP contribution in [0, 0.1) is 6.92 Å². The fraction of sp³-hybridized carbons (Fsp3) is 0.364. The first-order chi connectivity index (χ1) is 8.90. The highest BCUT2D eigenvalue weighted by molar-refractivity contribution is 7.08. The van der Waals surface area contributed by atoms with Gasteiger partial charge >= 0.3 is 18.0 Å². The molecule has 0 unspecified atom stereocenters. The van der Waals surface area contributed by atoms with E-state index >= 15 is 0 Å². The molecule has 2 amide bonds. The predicted octanol–water partition coefficient (Wildman–Crippen LogP) is 0.784. The number of carbonyl (C=O) groups excluding carboxylic acids is 1. The summed E-state index contributed by atoms with van der Waals surface area (Å²) in [4.78, 5) is 32.7. The Hall–Kier alpha value is -2.09. The largest absolute Gasteiger partial charge is 0.481 e. The summed E-state index contributed by atoms with van der Waals surface area (Å²) in [6, 6.07) is -2.15. The van der Waals surface area contributed by atoms with Gasteiger partial charge in [0.05, 0.1) is 6.42 Å². The second-order valence-corrected chi connectivity index (χ2v) is 4.64. The lowest BCUT2D eigenvalue weighted by molar-refractivity contribution is -0.145. The Morgan fingerprint density at radius 3 is 2.47 bits per heavy atom. The van der Waals surface area contributed by atoms with Gasteiger partial charge in [-0.05, 0) is 28.8 Å². The van der Waals surface area contributed by atoms with E-state index in [0.29, 0.717) is 0 Å². The molecule has 0 saturated heterocycles. The molecule has 1 aromatic heterocycles. The number of nitrogens with one attached hydrogen (secondary N) is 2. The third-order valence-electron chi connectivity index (χ3n) is 2.38. The van der Waals surface area contributed by atoms with E-state index in [4.69, 9.17) is 10.2 Å². The number of carboxylic acids is 2. The fourth-order valence-corrected chi connectivity index (χ4v) is 2.18. The molecule has 0 fully saturated rings. The van der Waals surface area contributed by atoms with Crippen LogP contribution in [0.4, 0.5) is 4.79 Å². The highest BCUT2D eigenvalue weighted by Gasteiger charge is 2.22. The molecule has 8 heteroatoms. The van der Waals surface area contributed by atoms with Crippen LogP contribution < -0.4 is 10.6 Å². The Balaban J connectivity index is 2.47. The van der Waals surface area contributed by atoms with E-state index < -0.39 is 30.4 Å². The normalized spacial score (nSPS) is 11.6. The molecule has 104 valence electrons. The van der Waals surface area contributed by atoms with E-state index in [1.165, 1.54) is 11.3 Å². The monoisotopic (exact) mass is 286 g/mol. The molecule has 1 atom stereocenters. The van der Waals surface area contributed by atoms with E-state index in [-0.39, 0.29) is 6.54 Å². The number of rotatable bonds is 6. The van der Waals surface area contributed by atoms with Crippen LogP contribution in [0.15, 0.2) is 10.8 Å². The average molecular weight is 286 g/mol. The SMILES string of the molecule is Cc1cscc1CNC(=O)N[C@@H](CC(=O)O)C(=O)O. The summed E-state index contributed by atoms with van der Waals surface area (Å²) in [7, 11) is 0. The third kappa shape index (κ3) is 4.96. The highest BCUT2D eigenvalue weighted by Crippen LogP contribution is 2.12. The van der Waals surface area contributed by atoms with Gasteiger partial charge in [-0.15, -0.1) is 0 Å². The van der Waals surface area contributed by atoms with Crippen molar-refractivity contribution < 1.29 is 24.6 Å². The Morgan fingerprint density at radius 2 is 2.00 bits per heavy atom. The predicted molar refractivity (Wildman–Crippen MR) is 68.1 cm³/mol. The molecule has 19 heavy (non-hydrogen) atoms. The number of thiophene rings is 1. The Kier molecular flexibility index (Phi) is 5.31. The van der Waals surface area contributed by atoms with Crippen LogP contribution in [0.5, 0.6) is 0 Å². The van der Waals surface area contributed by atoms with Gasteiger partial charge in [-0.25, -0.2) is 9.59 Å². The lowest BCUT2D eigenvalue weighted by atomic mass is 10.2. The Morgan fingerprint density at radius 1 is 1.32 bits per heavy atom. The molecule has 1 rings (SSSR count). The number of aryl methyl sites for hydroxylation is 1. The molecule has 0 aliphatic heterocycles. The van der Waals surface area contributed by atoms with Crippen LogP contribution in [0.1, 0.15) is 17.5 Å². The van der Waals surface area contributed by atoms with Gasteiger partial charge in [0, 0.05) is 6.54 Å². The lowest BCUT2D eigenvalue weighted by Gasteiger charge is -2.13. The Labute approximate surface area is 113 Å². The molecule has 1 aromatic rings. The van der Waals surface area contributed by atoms with E-state index in [9.17, 15) is 14.4 Å². The van der Waals surface area contributed by atoms with Gasteiger partial charge in [-0.2, -0.15) is 11.3 Å². The van der Waals surface area contributed by atoms with E-state index in [0.717, 1.165) is 11.1 Å². The van der Waals surface area contributed by atoms with Crippen LogP contribution in [0.2, 0.25) is 0 Å². The van der Waals surface area contributed by atoms with Crippen LogP contribution in [-0.4, -0.2) is 34.2 Å². The summed E-state index contributed by atoms with van der Waals surface area (Å²) in [5.74, 6) is -2.68. The van der Waals surface area contributed by atoms with Gasteiger partial charge in [0.1, 0.15) is 6.04 Å². The molecule has 1 heterocycles. The number of aliphatic carboxylic acids is 2. The van der Waals surface area contributed by atoms with E-state index in [1.807, 2.05) is 17.7 Å². The molecule has 0 aliphatic rings. The fourth-order valence-electron chi connectivity index (χ4n) is 1.33. The molecule has 0 aromatic carbocycles. The zero-order valence-electron chi connectivity index (χ0n) is 10.2. The van der Waals surface area contributed by atoms with Crippen LogP contribution in [0.25, 0.3) is 0 Å². The minimum Gasteiger partial charge on any atom is -0.481 e. The van der Waals surface area contributed by atoms with Crippen molar-refractivity contribution in [2.24, 2.45) is 0 Å². The molecule has 7 nitrogen and oxygen atoms in total. The van der Waals surface area contributed by atoms with Gasteiger partial charge in [-0.3, -0.25) is 4.79 Å². The number of carbonyl (C=O) groups is 3. The van der Waals surface area contributed by atoms with Crippen molar-refractivity contribution in [1.29, 1.82) is 0 Å². The van der Waals surface area contributed by atoms with Crippen molar-refractivity contribution in [3.8, 4) is 0 Å². The summed E-state index contributed by atoms with van der Waals surface area (Å²) >= 11 is 1.50. The first-order valence-electron chi connectivity index (χ1n) is 5.40. The lowest BCUT2D eigenvalue weighted by Crippen LogP contribution is -2.46. The van der Waals surface area contributed by atoms with Crippen LogP contribution >= 0.6 is 11.3 Å². The molecule has 0 radical (unpaired) electrons. The summed E-state index contributed by atoms with van der Waals surface area (Å²) < 4.78 is 0. The number of carboxylic acid groups (broad SMARTS) is 2. The van der Waals surface area contributed by atoms with Crippen LogP contribution in [0.3, 0.4) is 0 Å². The first-order valence-corrected chi connectivity index (χ1v) is 6.35.